The van der Waals surface area contributed by atoms with E-state index in [4.69, 9.17) is 23.2 Å². The Kier molecular flexibility index (Phi) is 5.69. The van der Waals surface area contributed by atoms with Gasteiger partial charge in [-0.15, -0.1) is 0 Å². The van der Waals surface area contributed by atoms with Crippen LogP contribution in [0.25, 0.3) is 0 Å². The highest BCUT2D eigenvalue weighted by atomic mass is 79.9. The number of nitrogens with one attached hydrogen (secondary N) is 1. The summed E-state index contributed by atoms with van der Waals surface area (Å²) in [5.41, 5.74) is 2.59. The molecule has 1 rings (SSSR count). The van der Waals surface area contributed by atoms with Crippen molar-refractivity contribution in [1.29, 1.82) is 0 Å². The SMILES string of the molecule is CC(NCC(Cl)=CCl)c1cccc(Br)c1. The highest BCUT2D eigenvalue weighted by Crippen LogP contribution is 2.18. The summed E-state index contributed by atoms with van der Waals surface area (Å²) in [4.78, 5) is 0. The third kappa shape index (κ3) is 4.56. The predicted molar refractivity (Wildman–Crippen MR) is 70.3 cm³/mol. The molecule has 4 heteroatoms. The fraction of sp³-hybridized carbons (Fsp3) is 0.273. The monoisotopic (exact) mass is 307 g/mol. The summed E-state index contributed by atoms with van der Waals surface area (Å²) < 4.78 is 1.08. The van der Waals surface area contributed by atoms with E-state index in [9.17, 15) is 0 Å². The standard InChI is InChI=1S/C11H12BrCl2N/c1-8(15-7-11(14)6-13)9-3-2-4-10(12)5-9/h2-6,8,15H,7H2,1H3. The zero-order valence-corrected chi connectivity index (χ0v) is 11.4. The van der Waals surface area contributed by atoms with E-state index in [0.29, 0.717) is 11.6 Å². The maximum absolute atomic E-state index is 5.79. The molecule has 1 unspecified atom stereocenters. The molecular weight excluding hydrogens is 297 g/mol. The summed E-state index contributed by atoms with van der Waals surface area (Å²) in [5.74, 6) is 0. The van der Waals surface area contributed by atoms with Gasteiger partial charge in [-0.25, -0.2) is 0 Å². The molecule has 0 spiro atoms. The Morgan fingerprint density at radius 1 is 1.60 bits per heavy atom. The third-order valence-electron chi connectivity index (χ3n) is 2.04. The highest BCUT2D eigenvalue weighted by molar-refractivity contribution is 9.10. The molecule has 0 saturated heterocycles. The van der Waals surface area contributed by atoms with E-state index in [0.717, 1.165) is 4.47 Å². The molecule has 15 heavy (non-hydrogen) atoms. The van der Waals surface area contributed by atoms with Gasteiger partial charge in [0.05, 0.1) is 0 Å². The van der Waals surface area contributed by atoms with Crippen molar-refractivity contribution in [2.75, 3.05) is 6.54 Å². The number of hydrogen-bond donors (Lipinski definition) is 1. The molecule has 1 aromatic carbocycles. The van der Waals surface area contributed by atoms with Gasteiger partial charge in [0.15, 0.2) is 0 Å². The lowest BCUT2D eigenvalue weighted by Crippen LogP contribution is -2.19. The van der Waals surface area contributed by atoms with Gasteiger partial charge in [0.1, 0.15) is 0 Å². The minimum atomic E-state index is 0.243. The van der Waals surface area contributed by atoms with Crippen molar-refractivity contribution < 1.29 is 0 Å². The van der Waals surface area contributed by atoms with Crippen LogP contribution in [0, 0.1) is 0 Å². The summed E-state index contributed by atoms with van der Waals surface area (Å²) >= 11 is 14.7. The van der Waals surface area contributed by atoms with Crippen molar-refractivity contribution in [2.45, 2.75) is 13.0 Å². The highest BCUT2D eigenvalue weighted by Gasteiger charge is 2.04. The summed E-state index contributed by atoms with van der Waals surface area (Å²) in [6.45, 7) is 2.67. The van der Waals surface area contributed by atoms with Crippen LogP contribution in [0.1, 0.15) is 18.5 Å². The molecule has 82 valence electrons. The maximum Gasteiger partial charge on any atom is 0.0432 e. The average molecular weight is 309 g/mol. The Balaban J connectivity index is 2.57. The van der Waals surface area contributed by atoms with Crippen LogP contribution in [0.3, 0.4) is 0 Å². The summed E-state index contributed by atoms with van der Waals surface area (Å²) in [6.07, 6.45) is 0. The molecule has 0 aliphatic rings. The van der Waals surface area contributed by atoms with E-state index in [2.05, 4.69) is 40.3 Å². The fourth-order valence-corrected chi connectivity index (χ4v) is 1.75. The number of hydrogen-bond acceptors (Lipinski definition) is 1. The molecule has 0 saturated carbocycles. The van der Waals surface area contributed by atoms with Crippen molar-refractivity contribution in [3.05, 3.63) is 44.9 Å². The van der Waals surface area contributed by atoms with Gasteiger partial charge in [0.25, 0.3) is 0 Å². The lowest BCUT2D eigenvalue weighted by Gasteiger charge is -2.13. The van der Waals surface area contributed by atoms with E-state index in [1.165, 1.54) is 11.1 Å². The topological polar surface area (TPSA) is 12.0 Å². The zero-order chi connectivity index (χ0) is 11.3. The third-order valence-corrected chi connectivity index (χ3v) is 3.16. The van der Waals surface area contributed by atoms with Crippen LogP contribution in [0.5, 0.6) is 0 Å². The van der Waals surface area contributed by atoms with Crippen molar-refractivity contribution in [3.63, 3.8) is 0 Å². The van der Waals surface area contributed by atoms with Crippen molar-refractivity contribution in [3.8, 4) is 0 Å². The smallest absolute Gasteiger partial charge is 0.0432 e. The number of benzene rings is 1. The van der Waals surface area contributed by atoms with Crippen LogP contribution in [-0.2, 0) is 0 Å². The first-order valence-corrected chi connectivity index (χ1v) is 6.18. The van der Waals surface area contributed by atoms with Gasteiger partial charge in [-0.2, -0.15) is 0 Å². The molecule has 0 fully saturated rings. The first kappa shape index (κ1) is 13.0. The number of rotatable bonds is 4. The second kappa shape index (κ2) is 6.54. The Morgan fingerprint density at radius 2 is 2.33 bits per heavy atom. The quantitative estimate of drug-likeness (QED) is 0.868. The van der Waals surface area contributed by atoms with Gasteiger partial charge in [-0.05, 0) is 24.6 Å². The number of halogens is 3. The predicted octanol–water partition coefficient (Wildman–Crippen LogP) is 4.42. The molecule has 1 N–H and O–H groups in total. The summed E-state index contributed by atoms with van der Waals surface area (Å²) in [7, 11) is 0. The molecule has 0 radical (unpaired) electrons. The molecule has 0 aliphatic carbocycles. The van der Waals surface area contributed by atoms with Crippen LogP contribution in [-0.4, -0.2) is 6.54 Å². The lowest BCUT2D eigenvalue weighted by atomic mass is 10.1. The van der Waals surface area contributed by atoms with Gasteiger partial charge >= 0.3 is 0 Å². The molecule has 0 aromatic heterocycles. The van der Waals surface area contributed by atoms with E-state index in [1.54, 1.807) is 0 Å². The molecular formula is C11H12BrCl2N. The fourth-order valence-electron chi connectivity index (χ4n) is 1.18. The van der Waals surface area contributed by atoms with Crippen molar-refractivity contribution in [2.24, 2.45) is 0 Å². The Hall–Kier alpha value is -0.0200. The van der Waals surface area contributed by atoms with Crippen LogP contribution in [0.4, 0.5) is 0 Å². The molecule has 1 aromatic rings. The largest absolute Gasteiger partial charge is 0.305 e. The van der Waals surface area contributed by atoms with Crippen LogP contribution >= 0.6 is 39.1 Å². The van der Waals surface area contributed by atoms with Crippen LogP contribution < -0.4 is 5.32 Å². The molecule has 0 aliphatic heterocycles. The Labute approximate surface area is 109 Å². The van der Waals surface area contributed by atoms with Crippen molar-refractivity contribution in [1.82, 2.24) is 5.32 Å². The van der Waals surface area contributed by atoms with Crippen molar-refractivity contribution >= 4 is 39.1 Å². The minimum absolute atomic E-state index is 0.243. The van der Waals surface area contributed by atoms with E-state index in [1.807, 2.05) is 12.1 Å². The van der Waals surface area contributed by atoms with Gasteiger partial charge in [0.2, 0.25) is 0 Å². The minimum Gasteiger partial charge on any atom is -0.305 e. The lowest BCUT2D eigenvalue weighted by molar-refractivity contribution is 0.614. The molecule has 0 amide bonds. The van der Waals surface area contributed by atoms with Crippen LogP contribution in [0.15, 0.2) is 39.3 Å². The summed E-state index contributed by atoms with van der Waals surface area (Å²) in [6, 6.07) is 8.41. The molecule has 1 atom stereocenters. The first-order chi connectivity index (χ1) is 7.13. The molecule has 1 nitrogen and oxygen atoms in total. The van der Waals surface area contributed by atoms with E-state index < -0.39 is 0 Å². The Morgan fingerprint density at radius 3 is 2.93 bits per heavy atom. The zero-order valence-electron chi connectivity index (χ0n) is 8.31. The van der Waals surface area contributed by atoms with Gasteiger partial charge < -0.3 is 5.32 Å². The van der Waals surface area contributed by atoms with Gasteiger partial charge in [-0.3, -0.25) is 0 Å². The Bertz CT molecular complexity index is 352. The molecule has 0 bridgehead atoms. The van der Waals surface area contributed by atoms with E-state index >= 15 is 0 Å². The van der Waals surface area contributed by atoms with Crippen LogP contribution in [0.2, 0.25) is 0 Å². The maximum atomic E-state index is 5.79. The second-order valence-corrected chi connectivity index (χ2v) is 4.83. The van der Waals surface area contributed by atoms with Gasteiger partial charge in [-0.1, -0.05) is 51.3 Å². The normalized spacial score (nSPS) is 14.0. The summed E-state index contributed by atoms with van der Waals surface area (Å²) in [5, 5.41) is 3.88. The average Bonchev–Trinajstić information content (AvgIpc) is 2.25. The first-order valence-electron chi connectivity index (χ1n) is 4.57. The van der Waals surface area contributed by atoms with E-state index in [-0.39, 0.29) is 6.04 Å². The molecule has 0 heterocycles. The second-order valence-electron chi connectivity index (χ2n) is 3.21. The van der Waals surface area contributed by atoms with Gasteiger partial charge in [0, 0.05) is 27.6 Å².